The van der Waals surface area contributed by atoms with Crippen LogP contribution in [0, 0.1) is 0 Å². The third-order valence-corrected chi connectivity index (χ3v) is 2.19. The summed E-state index contributed by atoms with van der Waals surface area (Å²) in [5.74, 6) is 1.50. The van der Waals surface area contributed by atoms with Crippen molar-refractivity contribution < 1.29 is 4.74 Å². The van der Waals surface area contributed by atoms with Crippen LogP contribution >= 0.6 is 0 Å². The van der Waals surface area contributed by atoms with Crippen LogP contribution in [0.1, 0.15) is 25.6 Å². The minimum atomic E-state index is 0.644. The third kappa shape index (κ3) is 2.43. The summed E-state index contributed by atoms with van der Waals surface area (Å²) >= 11 is 0. The maximum atomic E-state index is 5.29. The molecular formula is C12H14N2O. The van der Waals surface area contributed by atoms with Gasteiger partial charge in [0.25, 0.3) is 0 Å². The Morgan fingerprint density at radius 3 is 2.67 bits per heavy atom. The van der Waals surface area contributed by atoms with E-state index in [1.54, 1.807) is 12.4 Å². The van der Waals surface area contributed by atoms with Gasteiger partial charge in [-0.05, 0) is 19.8 Å². The lowest BCUT2D eigenvalue weighted by atomic mass is 10.1. The van der Waals surface area contributed by atoms with Gasteiger partial charge in [0.15, 0.2) is 11.6 Å². The molecule has 3 nitrogen and oxygen atoms in total. The highest BCUT2D eigenvalue weighted by atomic mass is 16.5. The Morgan fingerprint density at radius 1 is 1.27 bits per heavy atom. The van der Waals surface area contributed by atoms with Gasteiger partial charge in [0.05, 0.1) is 19.0 Å². The SMILES string of the molecule is CCOc1cnc(C2=CCCC=C2)nc1. The highest BCUT2D eigenvalue weighted by Crippen LogP contribution is 2.18. The van der Waals surface area contributed by atoms with Crippen LogP contribution in [0.2, 0.25) is 0 Å². The van der Waals surface area contributed by atoms with E-state index in [0.29, 0.717) is 6.61 Å². The van der Waals surface area contributed by atoms with Crippen molar-refractivity contribution in [2.45, 2.75) is 19.8 Å². The predicted molar refractivity (Wildman–Crippen MR) is 59.6 cm³/mol. The minimum absolute atomic E-state index is 0.644. The molecule has 0 saturated carbocycles. The fourth-order valence-electron chi connectivity index (χ4n) is 1.49. The van der Waals surface area contributed by atoms with E-state index in [0.717, 1.165) is 30.0 Å². The van der Waals surface area contributed by atoms with Crippen molar-refractivity contribution >= 4 is 5.57 Å². The van der Waals surface area contributed by atoms with Crippen LogP contribution < -0.4 is 4.74 Å². The average molecular weight is 202 g/mol. The molecule has 0 aromatic carbocycles. The summed E-state index contributed by atoms with van der Waals surface area (Å²) in [6, 6.07) is 0. The van der Waals surface area contributed by atoms with Crippen molar-refractivity contribution in [3.63, 3.8) is 0 Å². The Labute approximate surface area is 89.5 Å². The molecule has 0 amide bonds. The van der Waals surface area contributed by atoms with E-state index in [1.165, 1.54) is 0 Å². The molecule has 2 rings (SSSR count). The summed E-state index contributed by atoms with van der Waals surface area (Å²) in [6.45, 7) is 2.59. The van der Waals surface area contributed by atoms with E-state index in [9.17, 15) is 0 Å². The Balaban J connectivity index is 2.16. The molecule has 1 aliphatic carbocycles. The van der Waals surface area contributed by atoms with Gasteiger partial charge in [-0.1, -0.05) is 18.2 Å². The summed E-state index contributed by atoms with van der Waals surface area (Å²) in [5, 5.41) is 0. The molecule has 78 valence electrons. The standard InChI is InChI=1S/C12H14N2O/c1-2-15-11-8-13-12(14-9-11)10-6-4-3-5-7-10/h4,6-9H,2-3,5H2,1H3. The lowest BCUT2D eigenvalue weighted by molar-refractivity contribution is 0.337. The first kappa shape index (κ1) is 9.90. The van der Waals surface area contributed by atoms with E-state index in [2.05, 4.69) is 28.2 Å². The molecule has 0 unspecified atom stereocenters. The zero-order valence-corrected chi connectivity index (χ0v) is 8.81. The van der Waals surface area contributed by atoms with Crippen molar-refractivity contribution in [2.75, 3.05) is 6.61 Å². The zero-order chi connectivity index (χ0) is 10.5. The maximum absolute atomic E-state index is 5.29. The highest BCUT2D eigenvalue weighted by Gasteiger charge is 2.04. The lowest BCUT2D eigenvalue weighted by Gasteiger charge is -2.06. The first-order chi connectivity index (χ1) is 7.40. The highest BCUT2D eigenvalue weighted by molar-refractivity contribution is 5.70. The molecule has 15 heavy (non-hydrogen) atoms. The molecule has 1 aliphatic rings. The van der Waals surface area contributed by atoms with Gasteiger partial charge in [0.1, 0.15) is 0 Å². The Bertz CT molecular complexity index is 379. The summed E-state index contributed by atoms with van der Waals surface area (Å²) in [7, 11) is 0. The third-order valence-electron chi connectivity index (χ3n) is 2.19. The first-order valence-electron chi connectivity index (χ1n) is 5.22. The summed E-state index contributed by atoms with van der Waals surface area (Å²) < 4.78 is 5.29. The predicted octanol–water partition coefficient (Wildman–Crippen LogP) is 2.61. The van der Waals surface area contributed by atoms with Crippen molar-refractivity contribution in [3.8, 4) is 5.75 Å². The minimum Gasteiger partial charge on any atom is -0.491 e. The van der Waals surface area contributed by atoms with Crippen LogP contribution in [0.15, 0.2) is 30.6 Å². The van der Waals surface area contributed by atoms with Crippen LogP contribution in [0.5, 0.6) is 5.75 Å². The second kappa shape index (κ2) is 4.73. The van der Waals surface area contributed by atoms with Crippen LogP contribution in [0.25, 0.3) is 5.57 Å². The zero-order valence-electron chi connectivity index (χ0n) is 8.81. The van der Waals surface area contributed by atoms with Gasteiger partial charge in [-0.3, -0.25) is 0 Å². The molecule has 1 aromatic heterocycles. The summed E-state index contributed by atoms with van der Waals surface area (Å²) in [5.41, 5.74) is 1.10. The molecule has 0 N–H and O–H groups in total. The van der Waals surface area contributed by atoms with Gasteiger partial charge in [-0.15, -0.1) is 0 Å². The molecule has 0 saturated heterocycles. The van der Waals surface area contributed by atoms with Crippen molar-refractivity contribution in [2.24, 2.45) is 0 Å². The molecule has 1 heterocycles. The molecule has 0 fully saturated rings. The number of hydrogen-bond donors (Lipinski definition) is 0. The number of hydrogen-bond acceptors (Lipinski definition) is 3. The average Bonchev–Trinajstić information content (AvgIpc) is 2.32. The summed E-state index contributed by atoms with van der Waals surface area (Å²) in [4.78, 5) is 8.53. The van der Waals surface area contributed by atoms with Crippen molar-refractivity contribution in [1.29, 1.82) is 0 Å². The second-order valence-electron chi connectivity index (χ2n) is 3.31. The molecule has 3 heteroatoms. The topological polar surface area (TPSA) is 35.0 Å². The van der Waals surface area contributed by atoms with Gasteiger partial charge >= 0.3 is 0 Å². The normalized spacial score (nSPS) is 14.9. The van der Waals surface area contributed by atoms with Gasteiger partial charge < -0.3 is 4.74 Å². The molecule has 0 radical (unpaired) electrons. The van der Waals surface area contributed by atoms with E-state index in [1.807, 2.05) is 6.92 Å². The Hall–Kier alpha value is -1.64. The van der Waals surface area contributed by atoms with Gasteiger partial charge in [-0.25, -0.2) is 9.97 Å². The van der Waals surface area contributed by atoms with Crippen molar-refractivity contribution in [3.05, 3.63) is 36.4 Å². The maximum Gasteiger partial charge on any atom is 0.159 e. The van der Waals surface area contributed by atoms with Crippen molar-refractivity contribution in [1.82, 2.24) is 9.97 Å². The van der Waals surface area contributed by atoms with Crippen LogP contribution in [-0.4, -0.2) is 16.6 Å². The number of allylic oxidation sites excluding steroid dienone is 4. The molecule has 0 bridgehead atoms. The number of aromatic nitrogens is 2. The fourth-order valence-corrected chi connectivity index (χ4v) is 1.49. The lowest BCUT2D eigenvalue weighted by Crippen LogP contribution is -1.97. The fraction of sp³-hybridized carbons (Fsp3) is 0.333. The number of nitrogens with zero attached hydrogens (tertiary/aromatic N) is 2. The Kier molecular flexibility index (Phi) is 3.12. The quantitative estimate of drug-likeness (QED) is 0.755. The first-order valence-corrected chi connectivity index (χ1v) is 5.22. The van der Waals surface area contributed by atoms with Crippen LogP contribution in [0.4, 0.5) is 0 Å². The second-order valence-corrected chi connectivity index (χ2v) is 3.31. The number of ether oxygens (including phenoxy) is 1. The monoisotopic (exact) mass is 202 g/mol. The smallest absolute Gasteiger partial charge is 0.159 e. The van der Waals surface area contributed by atoms with E-state index >= 15 is 0 Å². The molecule has 1 aromatic rings. The summed E-state index contributed by atoms with van der Waals surface area (Å²) in [6.07, 6.45) is 12.0. The van der Waals surface area contributed by atoms with E-state index in [-0.39, 0.29) is 0 Å². The van der Waals surface area contributed by atoms with Crippen LogP contribution in [0.3, 0.4) is 0 Å². The Morgan fingerprint density at radius 2 is 2.07 bits per heavy atom. The number of rotatable bonds is 3. The molecular weight excluding hydrogens is 188 g/mol. The van der Waals surface area contributed by atoms with E-state index in [4.69, 9.17) is 4.74 Å². The largest absolute Gasteiger partial charge is 0.491 e. The van der Waals surface area contributed by atoms with E-state index < -0.39 is 0 Å². The van der Waals surface area contributed by atoms with Gasteiger partial charge in [0, 0.05) is 5.57 Å². The van der Waals surface area contributed by atoms with Gasteiger partial charge in [0.2, 0.25) is 0 Å². The molecule has 0 aliphatic heterocycles. The molecule has 0 atom stereocenters. The molecule has 0 spiro atoms. The van der Waals surface area contributed by atoms with Crippen LogP contribution in [-0.2, 0) is 0 Å². The van der Waals surface area contributed by atoms with Gasteiger partial charge in [-0.2, -0.15) is 0 Å².